The number of hydrogen-bond acceptors (Lipinski definition) is 4. The first kappa shape index (κ1) is 12.6. The lowest BCUT2D eigenvalue weighted by Gasteiger charge is -2.29. The number of carbonyl (C=O) groups is 3. The Kier molecular flexibility index (Phi) is 2.67. The molecule has 1 aliphatic heterocycles. The summed E-state index contributed by atoms with van der Waals surface area (Å²) in [6, 6.07) is 0.343. The predicted octanol–water partition coefficient (Wildman–Crippen LogP) is -0.623. The number of primary amides is 1. The molecule has 3 amide bonds. The molecule has 6 nitrogen and oxygen atoms in total. The van der Waals surface area contributed by atoms with Gasteiger partial charge in [0.2, 0.25) is 17.7 Å². The SMILES string of the molecule is CC(CCN1C(=O)C2CC2C1=O)(NC1CC1)C(N)=O. The van der Waals surface area contributed by atoms with E-state index < -0.39 is 11.4 Å². The van der Waals surface area contributed by atoms with Crippen LogP contribution >= 0.6 is 0 Å². The van der Waals surface area contributed by atoms with Crippen LogP contribution in [-0.2, 0) is 14.4 Å². The highest BCUT2D eigenvalue weighted by atomic mass is 16.2. The molecule has 3 unspecified atom stereocenters. The number of nitrogens with zero attached hydrogens (tertiary/aromatic N) is 1. The third kappa shape index (κ3) is 2.14. The molecule has 3 atom stereocenters. The van der Waals surface area contributed by atoms with Crippen molar-refractivity contribution in [2.24, 2.45) is 17.6 Å². The molecule has 104 valence electrons. The van der Waals surface area contributed by atoms with Crippen LogP contribution in [-0.4, -0.2) is 40.7 Å². The number of amides is 3. The minimum atomic E-state index is -0.839. The Morgan fingerprint density at radius 3 is 2.42 bits per heavy atom. The zero-order valence-electron chi connectivity index (χ0n) is 11.0. The third-order valence-corrected chi connectivity index (χ3v) is 4.44. The van der Waals surface area contributed by atoms with E-state index in [1.807, 2.05) is 0 Å². The Hall–Kier alpha value is -1.43. The van der Waals surface area contributed by atoms with E-state index in [-0.39, 0.29) is 30.2 Å². The van der Waals surface area contributed by atoms with Crippen molar-refractivity contribution in [3.05, 3.63) is 0 Å². The number of imide groups is 1. The quantitative estimate of drug-likeness (QED) is 0.626. The average molecular weight is 265 g/mol. The van der Waals surface area contributed by atoms with Crippen LogP contribution < -0.4 is 11.1 Å². The van der Waals surface area contributed by atoms with Gasteiger partial charge in [0, 0.05) is 12.6 Å². The summed E-state index contributed by atoms with van der Waals surface area (Å²) < 4.78 is 0. The van der Waals surface area contributed by atoms with Crippen molar-refractivity contribution in [3.8, 4) is 0 Å². The molecule has 6 heteroatoms. The van der Waals surface area contributed by atoms with Gasteiger partial charge in [-0.05, 0) is 32.6 Å². The Balaban J connectivity index is 1.61. The number of fused-ring (bicyclic) bond motifs is 1. The lowest BCUT2D eigenvalue weighted by Crippen LogP contribution is -2.55. The first-order valence-electron chi connectivity index (χ1n) is 6.85. The molecular formula is C13H19N3O3. The number of piperidine rings is 1. The standard InChI is InChI=1S/C13H19N3O3/c1-13(12(14)19,15-7-2-3-7)4-5-16-10(17)8-6-9(8)11(16)18/h7-9,15H,2-6H2,1H3,(H2,14,19). The zero-order valence-corrected chi connectivity index (χ0v) is 11.0. The molecule has 3 N–H and O–H groups in total. The lowest BCUT2D eigenvalue weighted by molar-refractivity contribution is -0.142. The molecule has 19 heavy (non-hydrogen) atoms. The van der Waals surface area contributed by atoms with Crippen LogP contribution in [0.3, 0.4) is 0 Å². The molecule has 1 saturated heterocycles. The zero-order chi connectivity index (χ0) is 13.8. The maximum atomic E-state index is 11.8. The topological polar surface area (TPSA) is 92.5 Å². The van der Waals surface area contributed by atoms with Gasteiger partial charge in [-0.1, -0.05) is 0 Å². The first-order valence-corrected chi connectivity index (χ1v) is 6.85. The van der Waals surface area contributed by atoms with Gasteiger partial charge in [-0.2, -0.15) is 0 Å². The van der Waals surface area contributed by atoms with E-state index in [4.69, 9.17) is 5.73 Å². The molecule has 3 rings (SSSR count). The third-order valence-electron chi connectivity index (χ3n) is 4.44. The summed E-state index contributed by atoms with van der Waals surface area (Å²) >= 11 is 0. The summed E-state index contributed by atoms with van der Waals surface area (Å²) in [7, 11) is 0. The summed E-state index contributed by atoms with van der Waals surface area (Å²) in [4.78, 5) is 36.6. The highest BCUT2D eigenvalue weighted by Crippen LogP contribution is 2.47. The summed E-state index contributed by atoms with van der Waals surface area (Å²) in [6.45, 7) is 2.03. The fraction of sp³-hybridized carbons (Fsp3) is 0.769. The molecule has 1 heterocycles. The molecule has 0 radical (unpaired) electrons. The fourth-order valence-corrected chi connectivity index (χ4v) is 2.75. The molecule has 0 aromatic heterocycles. The Labute approximate surface area is 111 Å². The Morgan fingerprint density at radius 2 is 1.95 bits per heavy atom. The van der Waals surface area contributed by atoms with Crippen molar-refractivity contribution in [3.63, 3.8) is 0 Å². The second kappa shape index (κ2) is 4.03. The lowest BCUT2D eigenvalue weighted by atomic mass is 9.96. The minimum Gasteiger partial charge on any atom is -0.368 e. The molecule has 3 fully saturated rings. The number of nitrogens with two attached hydrogens (primary N) is 1. The van der Waals surface area contributed by atoms with E-state index in [0.29, 0.717) is 18.9 Å². The molecule has 2 saturated carbocycles. The van der Waals surface area contributed by atoms with Crippen molar-refractivity contribution in [1.29, 1.82) is 0 Å². The first-order chi connectivity index (χ1) is 8.92. The Morgan fingerprint density at radius 1 is 1.37 bits per heavy atom. The van der Waals surface area contributed by atoms with E-state index in [0.717, 1.165) is 12.8 Å². The van der Waals surface area contributed by atoms with Crippen LogP contribution in [0.1, 0.15) is 32.6 Å². The van der Waals surface area contributed by atoms with E-state index in [1.165, 1.54) is 4.90 Å². The van der Waals surface area contributed by atoms with Crippen LogP contribution in [0.4, 0.5) is 0 Å². The largest absolute Gasteiger partial charge is 0.368 e. The maximum Gasteiger partial charge on any atom is 0.237 e. The average Bonchev–Trinajstić information content (AvgIpc) is 3.21. The highest BCUT2D eigenvalue weighted by molar-refractivity contribution is 6.08. The predicted molar refractivity (Wildman–Crippen MR) is 66.7 cm³/mol. The number of rotatable bonds is 6. The van der Waals surface area contributed by atoms with E-state index >= 15 is 0 Å². The molecule has 0 bridgehead atoms. The molecule has 0 aromatic rings. The second-order valence-electron chi connectivity index (χ2n) is 6.14. The number of hydrogen-bond donors (Lipinski definition) is 2. The number of nitrogens with one attached hydrogen (secondary N) is 1. The van der Waals surface area contributed by atoms with Gasteiger partial charge < -0.3 is 11.1 Å². The van der Waals surface area contributed by atoms with E-state index in [1.54, 1.807) is 6.92 Å². The van der Waals surface area contributed by atoms with E-state index in [2.05, 4.69) is 5.32 Å². The van der Waals surface area contributed by atoms with Crippen LogP contribution in [0.2, 0.25) is 0 Å². The molecule has 2 aliphatic carbocycles. The molecule has 0 aromatic carbocycles. The van der Waals surface area contributed by atoms with Gasteiger partial charge >= 0.3 is 0 Å². The van der Waals surface area contributed by atoms with Crippen LogP contribution in [0.5, 0.6) is 0 Å². The summed E-state index contributed by atoms with van der Waals surface area (Å²) in [5.74, 6) is -0.738. The molecular weight excluding hydrogens is 246 g/mol. The van der Waals surface area contributed by atoms with Crippen molar-refractivity contribution >= 4 is 17.7 Å². The normalized spacial score (nSPS) is 32.2. The van der Waals surface area contributed by atoms with Crippen molar-refractivity contribution in [1.82, 2.24) is 10.2 Å². The molecule has 0 spiro atoms. The van der Waals surface area contributed by atoms with Gasteiger partial charge in [0.1, 0.15) is 0 Å². The second-order valence-corrected chi connectivity index (χ2v) is 6.14. The highest BCUT2D eigenvalue weighted by Gasteiger charge is 2.58. The maximum absolute atomic E-state index is 11.8. The van der Waals surface area contributed by atoms with E-state index in [9.17, 15) is 14.4 Å². The fourth-order valence-electron chi connectivity index (χ4n) is 2.75. The summed E-state index contributed by atoms with van der Waals surface area (Å²) in [6.07, 6.45) is 3.19. The van der Waals surface area contributed by atoms with Gasteiger partial charge in [0.05, 0.1) is 17.4 Å². The van der Waals surface area contributed by atoms with Crippen LogP contribution in [0.15, 0.2) is 0 Å². The summed E-state index contributed by atoms with van der Waals surface area (Å²) in [5.41, 5.74) is 4.61. The van der Waals surface area contributed by atoms with Crippen molar-refractivity contribution in [2.45, 2.75) is 44.2 Å². The van der Waals surface area contributed by atoms with Gasteiger partial charge in [-0.15, -0.1) is 0 Å². The summed E-state index contributed by atoms with van der Waals surface area (Å²) in [5, 5.41) is 3.22. The van der Waals surface area contributed by atoms with Crippen molar-refractivity contribution < 1.29 is 14.4 Å². The van der Waals surface area contributed by atoms with Crippen molar-refractivity contribution in [2.75, 3.05) is 6.54 Å². The number of carbonyl (C=O) groups excluding carboxylic acids is 3. The van der Waals surface area contributed by atoms with Gasteiger partial charge in [0.15, 0.2) is 0 Å². The number of likely N-dealkylation sites (tertiary alicyclic amines) is 1. The minimum absolute atomic E-state index is 0.0757. The van der Waals surface area contributed by atoms with Crippen LogP contribution in [0.25, 0.3) is 0 Å². The smallest absolute Gasteiger partial charge is 0.237 e. The van der Waals surface area contributed by atoms with Crippen LogP contribution in [0, 0.1) is 11.8 Å². The van der Waals surface area contributed by atoms with Gasteiger partial charge in [-0.25, -0.2) is 0 Å². The molecule has 3 aliphatic rings. The van der Waals surface area contributed by atoms with Gasteiger partial charge in [-0.3, -0.25) is 19.3 Å². The Bertz CT molecular complexity index is 440. The monoisotopic (exact) mass is 265 g/mol. The van der Waals surface area contributed by atoms with Gasteiger partial charge in [0.25, 0.3) is 0 Å².